The largest absolute Gasteiger partial charge is 0.383 e. The molecular formula is C12H16N2OS. The van der Waals surface area contributed by atoms with E-state index in [2.05, 4.69) is 28.7 Å². The summed E-state index contributed by atoms with van der Waals surface area (Å²) in [6, 6.07) is 4.47. The number of nitrogens with one attached hydrogen (secondary N) is 1. The van der Waals surface area contributed by atoms with Crippen molar-refractivity contribution in [1.29, 1.82) is 0 Å². The van der Waals surface area contributed by atoms with E-state index in [-0.39, 0.29) is 6.04 Å². The van der Waals surface area contributed by atoms with Gasteiger partial charge in [-0.25, -0.2) is 0 Å². The second-order valence-electron chi connectivity index (χ2n) is 3.64. The summed E-state index contributed by atoms with van der Waals surface area (Å²) in [6.07, 6.45) is 1.93. The van der Waals surface area contributed by atoms with Crippen LogP contribution in [0.1, 0.15) is 18.5 Å². The summed E-state index contributed by atoms with van der Waals surface area (Å²) in [5.74, 6) is 0. The fourth-order valence-electron chi connectivity index (χ4n) is 1.74. The molecule has 0 fully saturated rings. The fourth-order valence-corrected chi connectivity index (χ4v) is 2.53. The van der Waals surface area contributed by atoms with E-state index in [1.807, 2.05) is 12.3 Å². The highest BCUT2D eigenvalue weighted by atomic mass is 32.1. The van der Waals surface area contributed by atoms with Gasteiger partial charge in [0.15, 0.2) is 0 Å². The Morgan fingerprint density at radius 2 is 2.44 bits per heavy atom. The molecule has 86 valence electrons. The molecule has 1 N–H and O–H groups in total. The number of aromatic nitrogens is 1. The molecule has 0 spiro atoms. The van der Waals surface area contributed by atoms with Crippen molar-refractivity contribution in [2.24, 2.45) is 0 Å². The zero-order chi connectivity index (χ0) is 11.4. The van der Waals surface area contributed by atoms with Crippen LogP contribution in [0.3, 0.4) is 0 Å². The van der Waals surface area contributed by atoms with Gasteiger partial charge in [0.25, 0.3) is 0 Å². The van der Waals surface area contributed by atoms with Crippen LogP contribution in [0.2, 0.25) is 0 Å². The Morgan fingerprint density at radius 3 is 3.19 bits per heavy atom. The molecule has 0 bridgehead atoms. The number of hydrogen-bond acceptors (Lipinski definition) is 4. The second kappa shape index (κ2) is 5.39. The van der Waals surface area contributed by atoms with E-state index >= 15 is 0 Å². The minimum Gasteiger partial charge on any atom is -0.383 e. The highest BCUT2D eigenvalue weighted by molar-refractivity contribution is 7.17. The van der Waals surface area contributed by atoms with Gasteiger partial charge in [-0.3, -0.25) is 4.98 Å². The highest BCUT2D eigenvalue weighted by Gasteiger charge is 2.11. The third-order valence-electron chi connectivity index (χ3n) is 2.51. The third-order valence-corrected chi connectivity index (χ3v) is 3.36. The molecule has 2 rings (SSSR count). The number of pyridine rings is 1. The summed E-state index contributed by atoms with van der Waals surface area (Å²) in [5, 5.41) is 5.47. The van der Waals surface area contributed by atoms with Crippen LogP contribution >= 0.6 is 11.3 Å². The van der Waals surface area contributed by atoms with E-state index < -0.39 is 0 Å². The van der Waals surface area contributed by atoms with Crippen molar-refractivity contribution >= 4 is 21.6 Å². The zero-order valence-electron chi connectivity index (χ0n) is 9.56. The Morgan fingerprint density at radius 1 is 1.56 bits per heavy atom. The standard InChI is InChI=1S/C12H16N2OS/c1-3-13-11(8-15-2)9-6-12-10(14-7-9)4-5-16-12/h4-7,11,13H,3,8H2,1-2H3. The van der Waals surface area contributed by atoms with Gasteiger partial charge < -0.3 is 10.1 Å². The van der Waals surface area contributed by atoms with Crippen LogP contribution in [0.5, 0.6) is 0 Å². The number of likely N-dealkylation sites (N-methyl/N-ethyl adjacent to an activating group) is 1. The molecule has 0 aromatic carbocycles. The number of nitrogens with zero attached hydrogens (tertiary/aromatic N) is 1. The molecule has 0 saturated carbocycles. The molecule has 2 aromatic rings. The molecule has 0 aliphatic carbocycles. The molecule has 0 radical (unpaired) electrons. The van der Waals surface area contributed by atoms with Crippen LogP contribution < -0.4 is 5.32 Å². The second-order valence-corrected chi connectivity index (χ2v) is 4.59. The monoisotopic (exact) mass is 236 g/mol. The van der Waals surface area contributed by atoms with Gasteiger partial charge in [0.1, 0.15) is 0 Å². The Kier molecular flexibility index (Phi) is 3.88. The average Bonchev–Trinajstić information content (AvgIpc) is 2.75. The summed E-state index contributed by atoms with van der Waals surface area (Å²) >= 11 is 1.72. The smallest absolute Gasteiger partial charge is 0.0809 e. The molecule has 2 heterocycles. The minimum atomic E-state index is 0.231. The Hall–Kier alpha value is -0.970. The van der Waals surface area contributed by atoms with Crippen LogP contribution in [-0.4, -0.2) is 25.2 Å². The van der Waals surface area contributed by atoms with E-state index in [1.54, 1.807) is 18.4 Å². The maximum atomic E-state index is 5.22. The number of rotatable bonds is 5. The molecule has 16 heavy (non-hydrogen) atoms. The average molecular weight is 236 g/mol. The lowest BCUT2D eigenvalue weighted by Gasteiger charge is -2.16. The fraction of sp³-hybridized carbons (Fsp3) is 0.417. The molecule has 2 aromatic heterocycles. The number of hydrogen-bond donors (Lipinski definition) is 1. The van der Waals surface area contributed by atoms with Crippen molar-refractivity contribution in [3.05, 3.63) is 29.3 Å². The third kappa shape index (κ3) is 2.40. The lowest BCUT2D eigenvalue weighted by molar-refractivity contribution is 0.167. The number of fused-ring (bicyclic) bond motifs is 1. The van der Waals surface area contributed by atoms with Gasteiger partial charge in [-0.1, -0.05) is 6.92 Å². The van der Waals surface area contributed by atoms with Crippen molar-refractivity contribution in [3.8, 4) is 0 Å². The first-order chi connectivity index (χ1) is 7.85. The Balaban J connectivity index is 2.28. The molecular weight excluding hydrogens is 220 g/mol. The molecule has 1 atom stereocenters. The number of ether oxygens (including phenoxy) is 1. The van der Waals surface area contributed by atoms with Crippen LogP contribution in [-0.2, 0) is 4.74 Å². The zero-order valence-corrected chi connectivity index (χ0v) is 10.4. The molecule has 4 heteroatoms. The van der Waals surface area contributed by atoms with Crippen molar-refractivity contribution < 1.29 is 4.74 Å². The molecule has 1 unspecified atom stereocenters. The highest BCUT2D eigenvalue weighted by Crippen LogP contribution is 2.22. The lowest BCUT2D eigenvalue weighted by Crippen LogP contribution is -2.24. The first-order valence-corrected chi connectivity index (χ1v) is 6.28. The van der Waals surface area contributed by atoms with E-state index in [0.29, 0.717) is 6.61 Å². The van der Waals surface area contributed by atoms with Gasteiger partial charge in [-0.15, -0.1) is 11.3 Å². The van der Waals surface area contributed by atoms with Crippen LogP contribution in [0, 0.1) is 0 Å². The number of methoxy groups -OCH3 is 1. The Labute approximate surface area is 99.5 Å². The van der Waals surface area contributed by atoms with Crippen LogP contribution in [0.4, 0.5) is 0 Å². The van der Waals surface area contributed by atoms with E-state index in [1.165, 1.54) is 10.3 Å². The van der Waals surface area contributed by atoms with Gasteiger partial charge in [-0.05, 0) is 29.6 Å². The van der Waals surface area contributed by atoms with Crippen molar-refractivity contribution in [2.45, 2.75) is 13.0 Å². The maximum Gasteiger partial charge on any atom is 0.0809 e. The van der Waals surface area contributed by atoms with Gasteiger partial charge >= 0.3 is 0 Å². The molecule has 0 aliphatic heterocycles. The molecule has 0 aliphatic rings. The first kappa shape index (κ1) is 11.5. The van der Waals surface area contributed by atoms with E-state index in [0.717, 1.165) is 12.1 Å². The maximum absolute atomic E-state index is 5.22. The van der Waals surface area contributed by atoms with Gasteiger partial charge in [0.2, 0.25) is 0 Å². The summed E-state index contributed by atoms with van der Waals surface area (Å²) < 4.78 is 6.45. The predicted octanol–water partition coefficient (Wildman–Crippen LogP) is 2.59. The van der Waals surface area contributed by atoms with Crippen molar-refractivity contribution in [2.75, 3.05) is 20.3 Å². The summed E-state index contributed by atoms with van der Waals surface area (Å²) in [4.78, 5) is 4.44. The molecule has 0 amide bonds. The van der Waals surface area contributed by atoms with Crippen molar-refractivity contribution in [3.63, 3.8) is 0 Å². The predicted molar refractivity (Wildman–Crippen MR) is 67.9 cm³/mol. The van der Waals surface area contributed by atoms with Crippen LogP contribution in [0.25, 0.3) is 10.2 Å². The SMILES string of the molecule is CCNC(COC)c1cnc2ccsc2c1. The topological polar surface area (TPSA) is 34.1 Å². The van der Waals surface area contributed by atoms with Gasteiger partial charge in [-0.2, -0.15) is 0 Å². The summed E-state index contributed by atoms with van der Waals surface area (Å²) in [7, 11) is 1.72. The Bertz CT molecular complexity index is 449. The van der Waals surface area contributed by atoms with E-state index in [9.17, 15) is 0 Å². The minimum absolute atomic E-state index is 0.231. The molecule has 0 saturated heterocycles. The van der Waals surface area contributed by atoms with Crippen molar-refractivity contribution in [1.82, 2.24) is 10.3 Å². The normalized spacial score (nSPS) is 13.1. The quantitative estimate of drug-likeness (QED) is 0.866. The lowest BCUT2D eigenvalue weighted by atomic mass is 10.1. The summed E-state index contributed by atoms with van der Waals surface area (Å²) in [5.41, 5.74) is 2.26. The van der Waals surface area contributed by atoms with E-state index in [4.69, 9.17) is 4.74 Å². The van der Waals surface area contributed by atoms with Gasteiger partial charge in [0, 0.05) is 13.3 Å². The van der Waals surface area contributed by atoms with Gasteiger partial charge in [0.05, 0.1) is 22.9 Å². The number of thiophene rings is 1. The summed E-state index contributed by atoms with van der Waals surface area (Å²) in [6.45, 7) is 3.70. The first-order valence-electron chi connectivity index (χ1n) is 5.40. The van der Waals surface area contributed by atoms with Crippen LogP contribution in [0.15, 0.2) is 23.7 Å². The molecule has 3 nitrogen and oxygen atoms in total.